The first-order valence-corrected chi connectivity index (χ1v) is 5.31. The van der Waals surface area contributed by atoms with E-state index in [9.17, 15) is 0 Å². The van der Waals surface area contributed by atoms with E-state index < -0.39 is 5.41 Å². The van der Waals surface area contributed by atoms with Crippen LogP contribution in [-0.4, -0.2) is 0 Å². The molecular weight excluding hydrogens is 220 g/mol. The van der Waals surface area contributed by atoms with Gasteiger partial charge in [0, 0.05) is 12.0 Å². The summed E-state index contributed by atoms with van der Waals surface area (Å²) in [5.74, 6) is 0. The van der Waals surface area contributed by atoms with Crippen molar-refractivity contribution in [3.8, 4) is 12.1 Å². The summed E-state index contributed by atoms with van der Waals surface area (Å²) in [6.45, 7) is 0. The van der Waals surface area contributed by atoms with Crippen LogP contribution in [0.2, 0.25) is 0 Å². The van der Waals surface area contributed by atoms with Crippen LogP contribution in [0.3, 0.4) is 0 Å². The van der Waals surface area contributed by atoms with Crippen LogP contribution in [0.15, 0.2) is 41.9 Å². The van der Waals surface area contributed by atoms with Crippen LogP contribution < -0.4 is 0 Å². The minimum atomic E-state index is -1.02. The fraction of sp³-hybridized carbons (Fsp3) is 0.231. The normalized spacial score (nSPS) is 10.9. The summed E-state index contributed by atoms with van der Waals surface area (Å²) in [6.07, 6.45) is 2.40. The summed E-state index contributed by atoms with van der Waals surface area (Å²) in [7, 11) is 0. The summed E-state index contributed by atoms with van der Waals surface area (Å²) in [4.78, 5) is 0. The van der Waals surface area contributed by atoms with Gasteiger partial charge in [-0.05, 0) is 12.0 Å². The lowest BCUT2D eigenvalue weighted by atomic mass is 9.81. The van der Waals surface area contributed by atoms with Gasteiger partial charge in [-0.2, -0.15) is 10.5 Å². The topological polar surface area (TPSA) is 47.6 Å². The smallest absolute Gasteiger partial charge is 0.151 e. The lowest BCUT2D eigenvalue weighted by Gasteiger charge is -2.16. The largest absolute Gasteiger partial charge is 0.197 e. The van der Waals surface area contributed by atoms with E-state index in [2.05, 4.69) is 12.1 Å². The Kier molecular flexibility index (Phi) is 4.58. The van der Waals surface area contributed by atoms with Gasteiger partial charge in [0.2, 0.25) is 0 Å². The van der Waals surface area contributed by atoms with Crippen molar-refractivity contribution in [1.29, 1.82) is 10.5 Å². The summed E-state index contributed by atoms with van der Waals surface area (Å²) in [6, 6.07) is 13.7. The Bertz CT molecular complexity index is 423. The number of halogens is 1. The van der Waals surface area contributed by atoms with Crippen molar-refractivity contribution >= 4 is 11.6 Å². The van der Waals surface area contributed by atoms with Gasteiger partial charge >= 0.3 is 0 Å². The minimum Gasteiger partial charge on any atom is -0.197 e. The maximum Gasteiger partial charge on any atom is 0.151 e. The van der Waals surface area contributed by atoms with E-state index in [-0.39, 0.29) is 0 Å². The van der Waals surface area contributed by atoms with Gasteiger partial charge in [-0.25, -0.2) is 0 Å². The fourth-order valence-corrected chi connectivity index (χ4v) is 1.55. The molecule has 0 N–H and O–H groups in total. The van der Waals surface area contributed by atoms with Crippen molar-refractivity contribution in [1.82, 2.24) is 0 Å². The Morgan fingerprint density at radius 2 is 1.81 bits per heavy atom. The number of benzene rings is 1. The first-order valence-electron chi connectivity index (χ1n) is 4.88. The standard InChI is InChI=1S/C13H11ClN2/c14-8-4-7-13(10-15,11-16)9-12-5-2-1-3-6-12/h1-6,8H,7,9H2/b8-4-. The molecule has 0 heterocycles. The Morgan fingerprint density at radius 1 is 1.19 bits per heavy atom. The second-order valence-corrected chi connectivity index (χ2v) is 3.79. The van der Waals surface area contributed by atoms with Gasteiger partial charge in [-0.15, -0.1) is 0 Å². The van der Waals surface area contributed by atoms with Crippen LogP contribution in [0.5, 0.6) is 0 Å². The third-order valence-corrected chi connectivity index (χ3v) is 2.51. The van der Waals surface area contributed by atoms with E-state index in [1.165, 1.54) is 5.54 Å². The molecule has 0 aliphatic carbocycles. The molecule has 0 unspecified atom stereocenters. The monoisotopic (exact) mass is 230 g/mol. The Morgan fingerprint density at radius 3 is 2.31 bits per heavy atom. The van der Waals surface area contributed by atoms with Crippen molar-refractivity contribution in [2.75, 3.05) is 0 Å². The second kappa shape index (κ2) is 5.95. The average Bonchev–Trinajstić information content (AvgIpc) is 2.36. The van der Waals surface area contributed by atoms with Gasteiger partial charge in [0.05, 0.1) is 12.1 Å². The third kappa shape index (κ3) is 3.12. The molecule has 0 aliphatic heterocycles. The molecule has 0 atom stereocenters. The summed E-state index contributed by atoms with van der Waals surface area (Å²) in [5.41, 5.74) is 1.30. The predicted octanol–water partition coefficient (Wildman–Crippen LogP) is 3.41. The first kappa shape index (κ1) is 12.3. The second-order valence-electron chi connectivity index (χ2n) is 3.53. The van der Waals surface area contributed by atoms with Crippen molar-refractivity contribution in [3.05, 3.63) is 47.5 Å². The van der Waals surface area contributed by atoms with Crippen LogP contribution in [0.1, 0.15) is 12.0 Å². The molecule has 0 aliphatic rings. The lowest BCUT2D eigenvalue weighted by molar-refractivity contribution is 0.527. The summed E-state index contributed by atoms with van der Waals surface area (Å²) >= 11 is 5.43. The Balaban J connectivity index is 2.89. The Hall–Kier alpha value is -1.77. The molecule has 0 spiro atoms. The van der Waals surface area contributed by atoms with Crippen LogP contribution in [0, 0.1) is 28.1 Å². The molecular formula is C13H11ClN2. The minimum absolute atomic E-state index is 0.346. The van der Waals surface area contributed by atoms with Gasteiger partial charge < -0.3 is 0 Å². The highest BCUT2D eigenvalue weighted by Gasteiger charge is 2.28. The maximum absolute atomic E-state index is 9.12. The van der Waals surface area contributed by atoms with E-state index in [0.29, 0.717) is 12.8 Å². The van der Waals surface area contributed by atoms with Crippen molar-refractivity contribution in [3.63, 3.8) is 0 Å². The molecule has 0 amide bonds. The van der Waals surface area contributed by atoms with Crippen molar-refractivity contribution in [2.45, 2.75) is 12.8 Å². The van der Waals surface area contributed by atoms with Crippen LogP contribution in [0.25, 0.3) is 0 Å². The molecule has 0 radical (unpaired) electrons. The zero-order valence-electron chi connectivity index (χ0n) is 8.73. The molecule has 1 rings (SSSR count). The summed E-state index contributed by atoms with van der Waals surface area (Å²) < 4.78 is 0. The van der Waals surface area contributed by atoms with Gasteiger partial charge in [-0.3, -0.25) is 0 Å². The highest BCUT2D eigenvalue weighted by Crippen LogP contribution is 2.26. The number of nitriles is 2. The highest BCUT2D eigenvalue weighted by atomic mass is 35.5. The molecule has 2 nitrogen and oxygen atoms in total. The number of nitrogens with zero attached hydrogens (tertiary/aromatic N) is 2. The van der Waals surface area contributed by atoms with E-state index >= 15 is 0 Å². The number of hydrogen-bond acceptors (Lipinski definition) is 2. The van der Waals surface area contributed by atoms with E-state index in [1.807, 2.05) is 30.3 Å². The van der Waals surface area contributed by atoms with Gasteiger partial charge in [0.15, 0.2) is 5.41 Å². The molecule has 0 saturated carbocycles. The van der Waals surface area contributed by atoms with E-state index in [4.69, 9.17) is 22.1 Å². The Labute approximate surface area is 100 Å². The van der Waals surface area contributed by atoms with Crippen LogP contribution in [0.4, 0.5) is 0 Å². The fourth-order valence-electron chi connectivity index (χ4n) is 1.46. The first-order chi connectivity index (χ1) is 7.76. The molecule has 16 heavy (non-hydrogen) atoms. The van der Waals surface area contributed by atoms with E-state index in [1.54, 1.807) is 6.08 Å². The van der Waals surface area contributed by atoms with Gasteiger partial charge in [-0.1, -0.05) is 48.0 Å². The third-order valence-electron chi connectivity index (χ3n) is 2.33. The average molecular weight is 231 g/mol. The number of hydrogen-bond donors (Lipinski definition) is 0. The zero-order valence-corrected chi connectivity index (χ0v) is 9.48. The quantitative estimate of drug-likeness (QED) is 0.796. The van der Waals surface area contributed by atoms with E-state index in [0.717, 1.165) is 5.56 Å². The molecule has 80 valence electrons. The zero-order chi connectivity index (χ0) is 11.9. The summed E-state index contributed by atoms with van der Waals surface area (Å²) in [5, 5.41) is 18.2. The SMILES string of the molecule is N#CC(C#N)(C/C=C\Cl)Cc1ccccc1. The lowest BCUT2D eigenvalue weighted by Crippen LogP contribution is -2.18. The van der Waals surface area contributed by atoms with Gasteiger partial charge in [0.25, 0.3) is 0 Å². The number of allylic oxidation sites excluding steroid dienone is 1. The predicted molar refractivity (Wildman–Crippen MR) is 63.4 cm³/mol. The van der Waals surface area contributed by atoms with Crippen LogP contribution >= 0.6 is 11.6 Å². The molecule has 1 aromatic carbocycles. The molecule has 1 aromatic rings. The molecule has 0 aromatic heterocycles. The molecule has 3 heteroatoms. The van der Waals surface area contributed by atoms with Crippen molar-refractivity contribution in [2.24, 2.45) is 5.41 Å². The molecule has 0 saturated heterocycles. The maximum atomic E-state index is 9.12. The van der Waals surface area contributed by atoms with Crippen molar-refractivity contribution < 1.29 is 0 Å². The van der Waals surface area contributed by atoms with Crippen LogP contribution in [-0.2, 0) is 6.42 Å². The van der Waals surface area contributed by atoms with Gasteiger partial charge in [0.1, 0.15) is 0 Å². The molecule has 0 bridgehead atoms. The number of rotatable bonds is 4. The molecule has 0 fully saturated rings. The highest BCUT2D eigenvalue weighted by molar-refractivity contribution is 6.25.